The Hall–Kier alpha value is -1.54. The molecule has 2 aromatic rings. The highest BCUT2D eigenvalue weighted by Gasteiger charge is 2.11. The second kappa shape index (κ2) is 7.15. The van der Waals surface area contributed by atoms with Gasteiger partial charge < -0.3 is 9.73 Å². The average Bonchev–Trinajstić information content (AvgIpc) is 2.91. The molecule has 2 heteroatoms. The number of benzene rings is 1. The predicted octanol–water partition coefficient (Wildman–Crippen LogP) is 3.74. The largest absolute Gasteiger partial charge is 0.469 e. The number of hydrogen-bond donors (Lipinski definition) is 1. The Labute approximate surface area is 115 Å². The molecule has 0 aliphatic heterocycles. The van der Waals surface area contributed by atoms with Crippen LogP contribution in [-0.2, 0) is 12.8 Å². The molecular formula is C17H23NO. The quantitative estimate of drug-likeness (QED) is 0.817. The van der Waals surface area contributed by atoms with E-state index in [4.69, 9.17) is 4.42 Å². The summed E-state index contributed by atoms with van der Waals surface area (Å²) in [5, 5.41) is 3.61. The van der Waals surface area contributed by atoms with Crippen molar-refractivity contribution in [1.82, 2.24) is 5.32 Å². The monoisotopic (exact) mass is 257 g/mol. The fourth-order valence-electron chi connectivity index (χ4n) is 2.25. The van der Waals surface area contributed by atoms with Gasteiger partial charge in [0.2, 0.25) is 0 Å². The van der Waals surface area contributed by atoms with Crippen LogP contribution in [0.4, 0.5) is 0 Å². The van der Waals surface area contributed by atoms with Gasteiger partial charge in [0.15, 0.2) is 0 Å². The summed E-state index contributed by atoms with van der Waals surface area (Å²) in [4.78, 5) is 0. The van der Waals surface area contributed by atoms with Gasteiger partial charge in [0, 0.05) is 12.5 Å². The molecule has 0 aliphatic carbocycles. The average molecular weight is 257 g/mol. The third kappa shape index (κ3) is 4.56. The van der Waals surface area contributed by atoms with Gasteiger partial charge in [0.1, 0.15) is 5.76 Å². The van der Waals surface area contributed by atoms with Crippen LogP contribution in [0.3, 0.4) is 0 Å². The molecule has 2 nitrogen and oxygen atoms in total. The van der Waals surface area contributed by atoms with E-state index in [0.717, 1.165) is 31.6 Å². The summed E-state index contributed by atoms with van der Waals surface area (Å²) in [7, 11) is 0. The number of rotatable bonds is 7. The molecule has 1 N–H and O–H groups in total. The van der Waals surface area contributed by atoms with Gasteiger partial charge in [-0.2, -0.15) is 0 Å². The summed E-state index contributed by atoms with van der Waals surface area (Å²) >= 11 is 0. The minimum absolute atomic E-state index is 0.439. The van der Waals surface area contributed by atoms with Gasteiger partial charge in [0.25, 0.3) is 0 Å². The van der Waals surface area contributed by atoms with Crippen LogP contribution < -0.4 is 5.32 Å². The van der Waals surface area contributed by atoms with Gasteiger partial charge >= 0.3 is 0 Å². The Bertz CT molecular complexity index is 459. The molecule has 0 bridgehead atoms. The maximum atomic E-state index is 5.46. The summed E-state index contributed by atoms with van der Waals surface area (Å²) in [6.07, 6.45) is 4.89. The molecule has 1 heterocycles. The summed E-state index contributed by atoms with van der Waals surface area (Å²) < 4.78 is 5.46. The lowest BCUT2D eigenvalue weighted by molar-refractivity contribution is 0.438. The molecule has 1 unspecified atom stereocenters. The summed E-state index contributed by atoms with van der Waals surface area (Å²) in [5.41, 5.74) is 2.69. The molecular weight excluding hydrogens is 234 g/mol. The zero-order valence-electron chi connectivity index (χ0n) is 11.9. The highest BCUT2D eigenvalue weighted by molar-refractivity contribution is 5.22. The van der Waals surface area contributed by atoms with E-state index in [-0.39, 0.29) is 0 Å². The summed E-state index contributed by atoms with van der Waals surface area (Å²) in [6.45, 7) is 5.37. The van der Waals surface area contributed by atoms with E-state index in [2.05, 4.69) is 49.5 Å². The van der Waals surface area contributed by atoms with Crippen molar-refractivity contribution in [2.24, 2.45) is 0 Å². The molecule has 0 aliphatic rings. The SMILES string of the molecule is CCCNC(Cc1ccc(C)cc1)Cc1ccco1. The van der Waals surface area contributed by atoms with Gasteiger partial charge in [-0.05, 0) is 44.0 Å². The molecule has 1 atom stereocenters. The fraction of sp³-hybridized carbons (Fsp3) is 0.412. The zero-order chi connectivity index (χ0) is 13.5. The Morgan fingerprint density at radius 3 is 2.53 bits per heavy atom. The van der Waals surface area contributed by atoms with Crippen molar-refractivity contribution in [3.8, 4) is 0 Å². The molecule has 0 saturated carbocycles. The van der Waals surface area contributed by atoms with E-state index in [1.54, 1.807) is 6.26 Å². The first-order chi connectivity index (χ1) is 9.28. The van der Waals surface area contributed by atoms with E-state index >= 15 is 0 Å². The Balaban J connectivity index is 1.98. The van der Waals surface area contributed by atoms with Gasteiger partial charge in [-0.1, -0.05) is 36.8 Å². The van der Waals surface area contributed by atoms with E-state index < -0.39 is 0 Å². The van der Waals surface area contributed by atoms with E-state index in [0.29, 0.717) is 6.04 Å². The van der Waals surface area contributed by atoms with Crippen LogP contribution in [-0.4, -0.2) is 12.6 Å². The minimum atomic E-state index is 0.439. The van der Waals surface area contributed by atoms with Crippen LogP contribution in [0, 0.1) is 6.92 Å². The van der Waals surface area contributed by atoms with Crippen LogP contribution in [0.5, 0.6) is 0 Å². The van der Waals surface area contributed by atoms with Gasteiger partial charge in [-0.15, -0.1) is 0 Å². The number of nitrogens with one attached hydrogen (secondary N) is 1. The Kier molecular flexibility index (Phi) is 5.22. The first kappa shape index (κ1) is 13.9. The topological polar surface area (TPSA) is 25.2 Å². The zero-order valence-corrected chi connectivity index (χ0v) is 11.9. The minimum Gasteiger partial charge on any atom is -0.469 e. The van der Waals surface area contributed by atoms with Crippen molar-refractivity contribution in [2.75, 3.05) is 6.54 Å². The lowest BCUT2D eigenvalue weighted by Crippen LogP contribution is -2.33. The normalized spacial score (nSPS) is 12.5. The van der Waals surface area contributed by atoms with E-state index in [1.807, 2.05) is 6.07 Å². The molecule has 2 rings (SSSR count). The molecule has 0 spiro atoms. The van der Waals surface area contributed by atoms with Crippen LogP contribution in [0.1, 0.15) is 30.2 Å². The second-order valence-electron chi connectivity index (χ2n) is 5.12. The fourth-order valence-corrected chi connectivity index (χ4v) is 2.25. The molecule has 0 amide bonds. The van der Waals surface area contributed by atoms with Gasteiger partial charge in [-0.25, -0.2) is 0 Å². The van der Waals surface area contributed by atoms with Crippen molar-refractivity contribution in [3.63, 3.8) is 0 Å². The maximum absolute atomic E-state index is 5.46. The smallest absolute Gasteiger partial charge is 0.105 e. The van der Waals surface area contributed by atoms with Crippen molar-refractivity contribution in [2.45, 2.75) is 39.2 Å². The first-order valence-electron chi connectivity index (χ1n) is 7.09. The number of aryl methyl sites for hydroxylation is 1. The van der Waals surface area contributed by atoms with E-state index in [9.17, 15) is 0 Å². The Morgan fingerprint density at radius 2 is 1.89 bits per heavy atom. The van der Waals surface area contributed by atoms with Crippen LogP contribution in [0.25, 0.3) is 0 Å². The molecule has 0 radical (unpaired) electrons. The van der Waals surface area contributed by atoms with Crippen molar-refractivity contribution >= 4 is 0 Å². The standard InChI is InChI=1S/C17H23NO/c1-3-10-18-16(13-17-5-4-11-19-17)12-15-8-6-14(2)7-9-15/h4-9,11,16,18H,3,10,12-13H2,1-2H3. The van der Waals surface area contributed by atoms with Crippen molar-refractivity contribution in [3.05, 3.63) is 59.5 Å². The van der Waals surface area contributed by atoms with Gasteiger partial charge in [-0.3, -0.25) is 0 Å². The highest BCUT2D eigenvalue weighted by Crippen LogP contribution is 2.11. The molecule has 1 aromatic carbocycles. The van der Waals surface area contributed by atoms with Crippen LogP contribution >= 0.6 is 0 Å². The molecule has 0 fully saturated rings. The van der Waals surface area contributed by atoms with Crippen LogP contribution in [0.2, 0.25) is 0 Å². The third-order valence-electron chi connectivity index (χ3n) is 3.31. The first-order valence-corrected chi connectivity index (χ1v) is 7.09. The van der Waals surface area contributed by atoms with Gasteiger partial charge in [0.05, 0.1) is 6.26 Å². The maximum Gasteiger partial charge on any atom is 0.105 e. The van der Waals surface area contributed by atoms with Crippen molar-refractivity contribution in [1.29, 1.82) is 0 Å². The number of furan rings is 1. The molecule has 19 heavy (non-hydrogen) atoms. The Morgan fingerprint density at radius 1 is 1.11 bits per heavy atom. The second-order valence-corrected chi connectivity index (χ2v) is 5.12. The molecule has 0 saturated heterocycles. The highest BCUT2D eigenvalue weighted by atomic mass is 16.3. The third-order valence-corrected chi connectivity index (χ3v) is 3.31. The predicted molar refractivity (Wildman–Crippen MR) is 79.4 cm³/mol. The molecule has 102 valence electrons. The summed E-state index contributed by atoms with van der Waals surface area (Å²) in [5.74, 6) is 1.06. The molecule has 1 aromatic heterocycles. The van der Waals surface area contributed by atoms with Crippen molar-refractivity contribution < 1.29 is 4.42 Å². The lowest BCUT2D eigenvalue weighted by atomic mass is 10.0. The van der Waals surface area contributed by atoms with E-state index in [1.165, 1.54) is 11.1 Å². The lowest BCUT2D eigenvalue weighted by Gasteiger charge is -2.17. The van der Waals surface area contributed by atoms with Crippen LogP contribution in [0.15, 0.2) is 47.1 Å². The number of hydrogen-bond acceptors (Lipinski definition) is 2. The summed E-state index contributed by atoms with van der Waals surface area (Å²) in [6, 6.07) is 13.2.